The molecule has 0 aliphatic carbocycles. The van der Waals surface area contributed by atoms with Crippen LogP contribution in [0.25, 0.3) is 0 Å². The molecule has 0 radical (unpaired) electrons. The molecule has 3 aromatic carbocycles. The maximum Gasteiger partial charge on any atom is 0.251 e. The molecular formula is C25H26FN3O6S. The van der Waals surface area contributed by atoms with E-state index in [-0.39, 0.29) is 41.5 Å². The van der Waals surface area contributed by atoms with Gasteiger partial charge in [0.1, 0.15) is 22.5 Å². The number of rotatable bonds is 11. The van der Waals surface area contributed by atoms with E-state index >= 15 is 0 Å². The molecule has 0 aliphatic heterocycles. The standard InChI is InChI=1S/C25H26FN3O6S/c1-35-22-16-20(11-12-23(22)36(33,34)27-13-14-30)28-25(32)21(15-17-5-3-2-4-6-17)29-24(31)18-7-9-19(26)10-8-18/h2-12,16,21,27,30H,13-15H2,1H3,(H,28,32)(H,29,31)/t21-/m0/s1. The molecule has 11 heteroatoms. The molecular weight excluding hydrogens is 489 g/mol. The van der Waals surface area contributed by atoms with Gasteiger partial charge in [0, 0.05) is 30.3 Å². The van der Waals surface area contributed by atoms with Gasteiger partial charge in [-0.25, -0.2) is 17.5 Å². The third kappa shape index (κ3) is 7.11. The van der Waals surface area contributed by atoms with E-state index in [9.17, 15) is 22.4 Å². The normalized spacial score (nSPS) is 12.0. The number of halogens is 1. The van der Waals surface area contributed by atoms with Gasteiger partial charge in [-0.05, 0) is 42.0 Å². The van der Waals surface area contributed by atoms with Gasteiger partial charge in [-0.3, -0.25) is 9.59 Å². The molecule has 0 bridgehead atoms. The summed E-state index contributed by atoms with van der Waals surface area (Å²) in [6.07, 6.45) is 0.175. The molecule has 1 atom stereocenters. The van der Waals surface area contributed by atoms with Crippen LogP contribution in [0.4, 0.5) is 10.1 Å². The van der Waals surface area contributed by atoms with Crippen LogP contribution in [0.5, 0.6) is 5.75 Å². The predicted octanol–water partition coefficient (Wildman–Crippen LogP) is 2.08. The second-order valence-corrected chi connectivity index (χ2v) is 9.43. The van der Waals surface area contributed by atoms with E-state index < -0.39 is 33.7 Å². The van der Waals surface area contributed by atoms with Gasteiger partial charge in [0.25, 0.3) is 5.91 Å². The van der Waals surface area contributed by atoms with Crippen molar-refractivity contribution < 1.29 is 32.2 Å². The Balaban J connectivity index is 1.83. The van der Waals surface area contributed by atoms with Gasteiger partial charge < -0.3 is 20.5 Å². The van der Waals surface area contributed by atoms with E-state index in [4.69, 9.17) is 9.84 Å². The maximum atomic E-state index is 13.2. The summed E-state index contributed by atoms with van der Waals surface area (Å²) in [4.78, 5) is 25.7. The number of ether oxygens (including phenoxy) is 1. The third-order valence-electron chi connectivity index (χ3n) is 5.14. The third-order valence-corrected chi connectivity index (χ3v) is 6.64. The largest absolute Gasteiger partial charge is 0.495 e. The van der Waals surface area contributed by atoms with Crippen LogP contribution in [-0.4, -0.2) is 51.6 Å². The lowest BCUT2D eigenvalue weighted by Crippen LogP contribution is -2.45. The van der Waals surface area contributed by atoms with E-state index in [2.05, 4.69) is 15.4 Å². The zero-order valence-corrected chi connectivity index (χ0v) is 20.2. The van der Waals surface area contributed by atoms with Crippen molar-refractivity contribution in [1.29, 1.82) is 0 Å². The summed E-state index contributed by atoms with van der Waals surface area (Å²) in [6.45, 7) is -0.541. The first-order chi connectivity index (χ1) is 17.2. The van der Waals surface area contributed by atoms with E-state index in [0.29, 0.717) is 0 Å². The van der Waals surface area contributed by atoms with Crippen LogP contribution < -0.4 is 20.1 Å². The molecule has 190 valence electrons. The number of amides is 2. The Labute approximate surface area is 208 Å². The molecule has 0 heterocycles. The molecule has 4 N–H and O–H groups in total. The number of benzene rings is 3. The van der Waals surface area contributed by atoms with Crippen molar-refractivity contribution in [2.75, 3.05) is 25.6 Å². The van der Waals surface area contributed by atoms with Crippen LogP contribution >= 0.6 is 0 Å². The first kappa shape index (κ1) is 26.8. The molecule has 0 aliphatic rings. The van der Waals surface area contributed by atoms with Crippen molar-refractivity contribution >= 4 is 27.5 Å². The smallest absolute Gasteiger partial charge is 0.251 e. The van der Waals surface area contributed by atoms with E-state index in [1.165, 1.54) is 37.4 Å². The van der Waals surface area contributed by atoms with Gasteiger partial charge in [-0.1, -0.05) is 30.3 Å². The number of aliphatic hydroxyl groups excluding tert-OH is 1. The number of sulfonamides is 1. The zero-order valence-electron chi connectivity index (χ0n) is 19.4. The minimum Gasteiger partial charge on any atom is -0.495 e. The lowest BCUT2D eigenvalue weighted by Gasteiger charge is -2.19. The SMILES string of the molecule is COc1cc(NC(=O)[C@H](Cc2ccccc2)NC(=O)c2ccc(F)cc2)ccc1S(=O)(=O)NCCO. The number of aliphatic hydroxyl groups is 1. The van der Waals surface area contributed by atoms with Gasteiger partial charge in [-0.15, -0.1) is 0 Å². The monoisotopic (exact) mass is 515 g/mol. The van der Waals surface area contributed by atoms with Crippen molar-refractivity contribution in [1.82, 2.24) is 10.0 Å². The van der Waals surface area contributed by atoms with Crippen molar-refractivity contribution in [2.24, 2.45) is 0 Å². The summed E-state index contributed by atoms with van der Waals surface area (Å²) < 4.78 is 45.5. The summed E-state index contributed by atoms with van der Waals surface area (Å²) in [6, 6.07) is 17.0. The van der Waals surface area contributed by atoms with Crippen LogP contribution in [0.3, 0.4) is 0 Å². The van der Waals surface area contributed by atoms with Crippen LogP contribution in [0.1, 0.15) is 15.9 Å². The molecule has 36 heavy (non-hydrogen) atoms. The Kier molecular flexibility index (Phi) is 9.12. The first-order valence-electron chi connectivity index (χ1n) is 10.9. The molecule has 0 saturated heterocycles. The quantitative estimate of drug-likeness (QED) is 0.309. The minimum atomic E-state index is -3.95. The van der Waals surface area contributed by atoms with Gasteiger partial charge in [0.15, 0.2) is 0 Å². The minimum absolute atomic E-state index is 0.0202. The highest BCUT2D eigenvalue weighted by Gasteiger charge is 2.24. The Morgan fingerprint density at radius 1 is 1.03 bits per heavy atom. The number of anilines is 1. The summed E-state index contributed by atoms with van der Waals surface area (Å²) in [5.74, 6) is -1.62. The summed E-state index contributed by atoms with van der Waals surface area (Å²) >= 11 is 0. The van der Waals surface area contributed by atoms with Crippen LogP contribution in [0.15, 0.2) is 77.7 Å². The molecule has 3 aromatic rings. The highest BCUT2D eigenvalue weighted by Crippen LogP contribution is 2.27. The van der Waals surface area contributed by atoms with Gasteiger partial charge in [0.2, 0.25) is 15.9 Å². The van der Waals surface area contributed by atoms with Crippen molar-refractivity contribution in [3.8, 4) is 5.75 Å². The van der Waals surface area contributed by atoms with Gasteiger partial charge in [-0.2, -0.15) is 0 Å². The topological polar surface area (TPSA) is 134 Å². The predicted molar refractivity (Wildman–Crippen MR) is 132 cm³/mol. The van der Waals surface area contributed by atoms with E-state index in [1.54, 1.807) is 12.1 Å². The molecule has 0 spiro atoms. The fraction of sp³-hybridized carbons (Fsp3) is 0.200. The summed E-state index contributed by atoms with van der Waals surface area (Å²) in [5.41, 5.74) is 1.23. The zero-order chi connectivity index (χ0) is 26.1. The maximum absolute atomic E-state index is 13.2. The van der Waals surface area contributed by atoms with Crippen LogP contribution in [-0.2, 0) is 21.2 Å². The number of carbonyl (C=O) groups excluding carboxylic acids is 2. The molecule has 0 fully saturated rings. The molecule has 2 amide bonds. The Bertz CT molecular complexity index is 1300. The number of hydrogen-bond donors (Lipinski definition) is 4. The first-order valence-corrected chi connectivity index (χ1v) is 12.4. The Hall–Kier alpha value is -3.80. The fourth-order valence-electron chi connectivity index (χ4n) is 3.36. The molecule has 0 aromatic heterocycles. The van der Waals surface area contributed by atoms with Crippen molar-refractivity contribution in [2.45, 2.75) is 17.4 Å². The molecule has 0 saturated carbocycles. The van der Waals surface area contributed by atoms with Crippen LogP contribution in [0.2, 0.25) is 0 Å². The number of hydrogen-bond acceptors (Lipinski definition) is 6. The van der Waals surface area contributed by atoms with Crippen LogP contribution in [0, 0.1) is 5.82 Å². The number of methoxy groups -OCH3 is 1. The number of nitrogens with one attached hydrogen (secondary N) is 3. The van der Waals surface area contributed by atoms with Gasteiger partial charge >= 0.3 is 0 Å². The Morgan fingerprint density at radius 3 is 2.36 bits per heavy atom. The molecule has 9 nitrogen and oxygen atoms in total. The fourth-order valence-corrected chi connectivity index (χ4v) is 4.53. The lowest BCUT2D eigenvalue weighted by atomic mass is 10.0. The average molecular weight is 516 g/mol. The van der Waals surface area contributed by atoms with Crippen molar-refractivity contribution in [3.63, 3.8) is 0 Å². The van der Waals surface area contributed by atoms with Gasteiger partial charge in [0.05, 0.1) is 13.7 Å². The summed E-state index contributed by atoms with van der Waals surface area (Å²) in [5, 5.41) is 14.2. The average Bonchev–Trinajstić information content (AvgIpc) is 2.87. The van der Waals surface area contributed by atoms with E-state index in [0.717, 1.165) is 17.7 Å². The molecule has 3 rings (SSSR count). The second kappa shape index (κ2) is 12.2. The second-order valence-electron chi connectivity index (χ2n) is 7.70. The van der Waals surface area contributed by atoms with E-state index in [1.807, 2.05) is 18.2 Å². The highest BCUT2D eigenvalue weighted by molar-refractivity contribution is 7.89. The summed E-state index contributed by atoms with van der Waals surface area (Å²) in [7, 11) is -2.66. The number of carbonyl (C=O) groups is 2. The molecule has 0 unspecified atom stereocenters. The van der Waals surface area contributed by atoms with Crippen molar-refractivity contribution in [3.05, 3.63) is 89.7 Å². The Morgan fingerprint density at radius 2 is 1.72 bits per heavy atom. The lowest BCUT2D eigenvalue weighted by molar-refractivity contribution is -0.118. The highest BCUT2D eigenvalue weighted by atomic mass is 32.2.